The zero-order valence-electron chi connectivity index (χ0n) is 8.97. The van der Waals surface area contributed by atoms with E-state index in [1.807, 2.05) is 7.05 Å². The van der Waals surface area contributed by atoms with Gasteiger partial charge in [0.15, 0.2) is 0 Å². The highest BCUT2D eigenvalue weighted by Crippen LogP contribution is 2.06. The number of piperidine rings is 1. The summed E-state index contributed by atoms with van der Waals surface area (Å²) in [5.41, 5.74) is 0. The molecule has 1 aliphatic heterocycles. The molecule has 2 N–H and O–H groups in total. The highest BCUT2D eigenvalue weighted by atomic mass is 16.1. The molecule has 1 aliphatic rings. The second-order valence-corrected chi connectivity index (χ2v) is 3.67. The highest BCUT2D eigenvalue weighted by molar-refractivity contribution is 5.53. The molecule has 0 radical (unpaired) electrons. The van der Waals surface area contributed by atoms with Crippen LogP contribution in [0.2, 0.25) is 0 Å². The van der Waals surface area contributed by atoms with E-state index in [0.29, 0.717) is 12.0 Å². The lowest BCUT2D eigenvalue weighted by molar-refractivity contribution is -0.111. The lowest BCUT2D eigenvalue weighted by Crippen LogP contribution is -2.28. The van der Waals surface area contributed by atoms with Crippen molar-refractivity contribution >= 4 is 6.29 Å². The van der Waals surface area contributed by atoms with E-state index in [4.69, 9.17) is 0 Å². The molecule has 0 saturated carbocycles. The Balaban J connectivity index is 0.000000252. The number of hydrogen-bond acceptors (Lipinski definition) is 3. The maximum absolute atomic E-state index is 10.1. The van der Waals surface area contributed by atoms with Crippen molar-refractivity contribution in [1.82, 2.24) is 10.6 Å². The van der Waals surface area contributed by atoms with Crippen molar-refractivity contribution in [3.05, 3.63) is 0 Å². The molecule has 3 heteroatoms. The fraction of sp³-hybridized carbons (Fsp3) is 0.900. The average molecular weight is 186 g/mol. The van der Waals surface area contributed by atoms with Crippen molar-refractivity contribution in [1.29, 1.82) is 0 Å². The van der Waals surface area contributed by atoms with Crippen molar-refractivity contribution < 1.29 is 4.79 Å². The van der Waals surface area contributed by atoms with Crippen LogP contribution in [-0.4, -0.2) is 32.5 Å². The topological polar surface area (TPSA) is 41.1 Å². The minimum absolute atomic E-state index is 0.344. The van der Waals surface area contributed by atoms with Gasteiger partial charge in [0.2, 0.25) is 0 Å². The van der Waals surface area contributed by atoms with Crippen LogP contribution < -0.4 is 10.6 Å². The molecule has 13 heavy (non-hydrogen) atoms. The third-order valence-electron chi connectivity index (χ3n) is 2.15. The number of aldehydes is 1. The molecule has 78 valence electrons. The van der Waals surface area contributed by atoms with Crippen molar-refractivity contribution in [2.45, 2.75) is 32.7 Å². The molecule has 0 bridgehead atoms. The van der Waals surface area contributed by atoms with Gasteiger partial charge in [0.05, 0.1) is 0 Å². The van der Waals surface area contributed by atoms with E-state index in [2.05, 4.69) is 24.5 Å². The predicted molar refractivity (Wildman–Crippen MR) is 55.9 cm³/mol. The minimum Gasteiger partial charge on any atom is -0.318 e. The summed E-state index contributed by atoms with van der Waals surface area (Å²) in [6.45, 7) is 6.26. The molecule has 0 amide bonds. The van der Waals surface area contributed by atoms with Gasteiger partial charge in [0, 0.05) is 12.0 Å². The summed E-state index contributed by atoms with van der Waals surface area (Å²) >= 11 is 0. The Morgan fingerprint density at radius 1 is 1.38 bits per heavy atom. The Kier molecular flexibility index (Phi) is 7.94. The van der Waals surface area contributed by atoms with E-state index in [1.54, 1.807) is 0 Å². The zero-order valence-corrected chi connectivity index (χ0v) is 8.97. The van der Waals surface area contributed by atoms with E-state index in [9.17, 15) is 4.79 Å². The SMILES string of the molecule is CNC(C)C.O=CC1CCNCC1. The first kappa shape index (κ1) is 12.6. The third kappa shape index (κ3) is 7.94. The van der Waals surface area contributed by atoms with Gasteiger partial charge in [-0.3, -0.25) is 0 Å². The van der Waals surface area contributed by atoms with E-state index >= 15 is 0 Å². The van der Waals surface area contributed by atoms with Gasteiger partial charge in [-0.25, -0.2) is 0 Å². The second-order valence-electron chi connectivity index (χ2n) is 3.67. The average Bonchev–Trinajstić information content (AvgIpc) is 2.20. The van der Waals surface area contributed by atoms with Crippen LogP contribution >= 0.6 is 0 Å². The Hall–Kier alpha value is -0.410. The van der Waals surface area contributed by atoms with Gasteiger partial charge in [0.25, 0.3) is 0 Å². The van der Waals surface area contributed by atoms with Crippen LogP contribution in [-0.2, 0) is 4.79 Å². The molecule has 0 aromatic rings. The van der Waals surface area contributed by atoms with Gasteiger partial charge in [-0.1, -0.05) is 13.8 Å². The van der Waals surface area contributed by atoms with E-state index in [1.165, 1.54) is 0 Å². The summed E-state index contributed by atoms with van der Waals surface area (Å²) in [4.78, 5) is 10.1. The molecule has 3 nitrogen and oxygen atoms in total. The van der Waals surface area contributed by atoms with Crippen LogP contribution in [0, 0.1) is 5.92 Å². The fourth-order valence-electron chi connectivity index (χ4n) is 0.980. The normalized spacial score (nSPS) is 17.8. The molecule has 1 fully saturated rings. The number of hydrogen-bond donors (Lipinski definition) is 2. The second kappa shape index (κ2) is 8.20. The van der Waals surface area contributed by atoms with Gasteiger partial charge in [-0.05, 0) is 33.0 Å². The van der Waals surface area contributed by atoms with Crippen LogP contribution in [0.5, 0.6) is 0 Å². The van der Waals surface area contributed by atoms with E-state index in [0.717, 1.165) is 32.2 Å². The monoisotopic (exact) mass is 186 g/mol. The van der Waals surface area contributed by atoms with Gasteiger partial charge in [-0.2, -0.15) is 0 Å². The summed E-state index contributed by atoms with van der Waals surface area (Å²) in [5.74, 6) is 0.344. The Labute approximate surface area is 81.3 Å². The Morgan fingerprint density at radius 2 is 1.85 bits per heavy atom. The molecule has 0 spiro atoms. The lowest BCUT2D eigenvalue weighted by Gasteiger charge is -2.16. The summed E-state index contributed by atoms with van der Waals surface area (Å²) in [5, 5.41) is 6.22. The number of rotatable bonds is 2. The molecule has 1 rings (SSSR count). The standard InChI is InChI=1S/C6H11NO.C4H11N/c8-5-6-1-3-7-4-2-6;1-4(2)5-3/h5-7H,1-4H2;4-5H,1-3H3. The molecule has 0 aromatic heterocycles. The largest absolute Gasteiger partial charge is 0.318 e. The van der Waals surface area contributed by atoms with E-state index < -0.39 is 0 Å². The maximum Gasteiger partial charge on any atom is 0.123 e. The number of carbonyl (C=O) groups is 1. The Bertz CT molecular complexity index is 120. The maximum atomic E-state index is 10.1. The zero-order chi connectivity index (χ0) is 10.1. The Morgan fingerprint density at radius 3 is 2.08 bits per heavy atom. The first-order valence-electron chi connectivity index (χ1n) is 5.04. The van der Waals surface area contributed by atoms with Crippen LogP contribution in [0.15, 0.2) is 0 Å². The summed E-state index contributed by atoms with van der Waals surface area (Å²) in [7, 11) is 1.95. The number of nitrogens with one attached hydrogen (secondary N) is 2. The van der Waals surface area contributed by atoms with Crippen LogP contribution in [0.4, 0.5) is 0 Å². The third-order valence-corrected chi connectivity index (χ3v) is 2.15. The molecule has 0 aromatic carbocycles. The summed E-state index contributed by atoms with van der Waals surface area (Å²) in [6, 6.07) is 0.634. The van der Waals surface area contributed by atoms with Crippen molar-refractivity contribution in [3.63, 3.8) is 0 Å². The molecule has 1 heterocycles. The van der Waals surface area contributed by atoms with Gasteiger partial charge in [-0.15, -0.1) is 0 Å². The minimum atomic E-state index is 0.344. The highest BCUT2D eigenvalue weighted by Gasteiger charge is 2.09. The van der Waals surface area contributed by atoms with Gasteiger partial charge < -0.3 is 15.4 Å². The first-order chi connectivity index (χ1) is 6.20. The molecule has 0 atom stereocenters. The van der Waals surface area contributed by atoms with Gasteiger partial charge in [0.1, 0.15) is 6.29 Å². The summed E-state index contributed by atoms with van der Waals surface area (Å²) in [6.07, 6.45) is 3.13. The molecule has 1 saturated heterocycles. The predicted octanol–water partition coefficient (Wildman–Crippen LogP) is 0.799. The molecular weight excluding hydrogens is 164 g/mol. The fourth-order valence-corrected chi connectivity index (χ4v) is 0.980. The van der Waals surface area contributed by atoms with Crippen LogP contribution in [0.3, 0.4) is 0 Å². The molecule has 0 unspecified atom stereocenters. The molecule has 0 aliphatic carbocycles. The quantitative estimate of drug-likeness (QED) is 0.627. The lowest BCUT2D eigenvalue weighted by atomic mass is 10.0. The summed E-state index contributed by atoms with van der Waals surface area (Å²) < 4.78 is 0. The van der Waals surface area contributed by atoms with Gasteiger partial charge >= 0.3 is 0 Å². The van der Waals surface area contributed by atoms with Crippen LogP contribution in [0.1, 0.15) is 26.7 Å². The first-order valence-corrected chi connectivity index (χ1v) is 5.04. The van der Waals surface area contributed by atoms with Crippen molar-refractivity contribution in [2.24, 2.45) is 5.92 Å². The smallest absolute Gasteiger partial charge is 0.123 e. The van der Waals surface area contributed by atoms with Crippen molar-refractivity contribution in [3.8, 4) is 0 Å². The van der Waals surface area contributed by atoms with E-state index in [-0.39, 0.29) is 0 Å². The van der Waals surface area contributed by atoms with Crippen molar-refractivity contribution in [2.75, 3.05) is 20.1 Å². The van der Waals surface area contributed by atoms with Crippen LogP contribution in [0.25, 0.3) is 0 Å². The molecular formula is C10H22N2O. The number of carbonyl (C=O) groups excluding carboxylic acids is 1.